The molecule has 2 aliphatic heterocycles. The highest BCUT2D eigenvalue weighted by atomic mass is 32.1. The predicted octanol–water partition coefficient (Wildman–Crippen LogP) is 4.37. The molecule has 4 aromatic rings. The van der Waals surface area contributed by atoms with E-state index in [0.29, 0.717) is 18.0 Å². The molecule has 8 nitrogen and oxygen atoms in total. The number of aromatic nitrogens is 5. The van der Waals surface area contributed by atoms with Crippen molar-refractivity contribution in [2.75, 3.05) is 30.4 Å². The minimum atomic E-state index is 0.509. The van der Waals surface area contributed by atoms with E-state index in [2.05, 4.69) is 51.2 Å². The van der Waals surface area contributed by atoms with Crippen LogP contribution < -0.4 is 10.2 Å². The Kier molecular flexibility index (Phi) is 4.57. The Morgan fingerprint density at radius 2 is 1.94 bits per heavy atom. The Labute approximate surface area is 202 Å². The molecule has 2 bridgehead atoms. The lowest BCUT2D eigenvalue weighted by molar-refractivity contribution is 0.291. The van der Waals surface area contributed by atoms with Crippen LogP contribution in [-0.4, -0.2) is 62.0 Å². The molecule has 0 aromatic carbocycles. The highest BCUT2D eigenvalue weighted by Gasteiger charge is 2.43. The largest absolute Gasteiger partial charge is 0.335 e. The molecule has 34 heavy (non-hydrogen) atoms. The lowest BCUT2D eigenvalue weighted by Gasteiger charge is -2.32. The van der Waals surface area contributed by atoms with E-state index in [1.165, 1.54) is 19.3 Å². The van der Waals surface area contributed by atoms with Crippen molar-refractivity contribution in [3.63, 3.8) is 0 Å². The SMILES string of the molecule is Cc1cccnc1-c1nc2cc(Nc3cc(C4CC4)nc(N4C[C@@H]5C[C@H]4CN5C)n3)ncc2s1. The quantitative estimate of drug-likeness (QED) is 0.461. The molecule has 6 heterocycles. The lowest BCUT2D eigenvalue weighted by Crippen LogP contribution is -2.45. The van der Waals surface area contributed by atoms with Crippen molar-refractivity contribution in [3.05, 3.63) is 47.9 Å². The van der Waals surface area contributed by atoms with Gasteiger partial charge in [-0.2, -0.15) is 4.98 Å². The summed E-state index contributed by atoms with van der Waals surface area (Å²) in [5.74, 6) is 2.97. The minimum absolute atomic E-state index is 0.509. The van der Waals surface area contributed by atoms with Crippen LogP contribution in [0.1, 0.15) is 36.4 Å². The van der Waals surface area contributed by atoms with Gasteiger partial charge in [0.25, 0.3) is 0 Å². The molecule has 1 N–H and O–H groups in total. The molecule has 1 aliphatic carbocycles. The van der Waals surface area contributed by atoms with E-state index >= 15 is 0 Å². The van der Waals surface area contributed by atoms with Gasteiger partial charge in [-0.15, -0.1) is 11.3 Å². The molecule has 2 atom stereocenters. The van der Waals surface area contributed by atoms with Crippen molar-refractivity contribution < 1.29 is 0 Å². The monoisotopic (exact) mass is 470 g/mol. The van der Waals surface area contributed by atoms with Gasteiger partial charge in [-0.25, -0.2) is 15.0 Å². The van der Waals surface area contributed by atoms with Gasteiger partial charge in [0, 0.05) is 55.6 Å². The van der Waals surface area contributed by atoms with Gasteiger partial charge in [0.15, 0.2) is 0 Å². The number of likely N-dealkylation sites (N-methyl/N-ethyl adjacent to an activating group) is 1. The molecule has 2 saturated heterocycles. The molecule has 0 amide bonds. The second-order valence-corrected chi connectivity index (χ2v) is 10.8. The Balaban J connectivity index is 1.20. The fourth-order valence-corrected chi connectivity index (χ4v) is 6.17. The van der Waals surface area contributed by atoms with E-state index < -0.39 is 0 Å². The first-order valence-corrected chi connectivity index (χ1v) is 12.7. The zero-order valence-corrected chi connectivity index (χ0v) is 20.1. The molecule has 0 spiro atoms. The van der Waals surface area contributed by atoms with Crippen LogP contribution in [0.4, 0.5) is 17.6 Å². The fourth-order valence-electron chi connectivity index (χ4n) is 5.19. The number of pyridine rings is 2. The third-order valence-electron chi connectivity index (χ3n) is 7.24. The zero-order valence-electron chi connectivity index (χ0n) is 19.3. The smallest absolute Gasteiger partial charge is 0.227 e. The molecular formula is C25H26N8S. The third-order valence-corrected chi connectivity index (χ3v) is 8.26. The summed E-state index contributed by atoms with van der Waals surface area (Å²) in [7, 11) is 2.22. The van der Waals surface area contributed by atoms with Crippen molar-refractivity contribution in [1.29, 1.82) is 0 Å². The van der Waals surface area contributed by atoms with Gasteiger partial charge >= 0.3 is 0 Å². The van der Waals surface area contributed by atoms with Crippen LogP contribution in [0.3, 0.4) is 0 Å². The van der Waals surface area contributed by atoms with Gasteiger partial charge in [0.05, 0.1) is 15.9 Å². The van der Waals surface area contributed by atoms with Gasteiger partial charge < -0.3 is 10.2 Å². The number of nitrogens with one attached hydrogen (secondary N) is 1. The fraction of sp³-hybridized carbons (Fsp3) is 0.400. The number of fused-ring (bicyclic) bond motifs is 3. The first-order chi connectivity index (χ1) is 16.6. The van der Waals surface area contributed by atoms with E-state index in [1.807, 2.05) is 24.5 Å². The van der Waals surface area contributed by atoms with E-state index in [-0.39, 0.29) is 0 Å². The Morgan fingerprint density at radius 3 is 2.71 bits per heavy atom. The summed E-state index contributed by atoms with van der Waals surface area (Å²) in [6.07, 6.45) is 7.33. The topological polar surface area (TPSA) is 83.0 Å². The molecule has 4 aromatic heterocycles. The van der Waals surface area contributed by atoms with Crippen molar-refractivity contribution >= 4 is 39.1 Å². The van der Waals surface area contributed by atoms with Gasteiger partial charge in [-0.05, 0) is 44.9 Å². The highest BCUT2D eigenvalue weighted by molar-refractivity contribution is 7.21. The maximum absolute atomic E-state index is 4.98. The van der Waals surface area contributed by atoms with E-state index in [9.17, 15) is 0 Å². The number of hydrogen-bond acceptors (Lipinski definition) is 9. The minimum Gasteiger partial charge on any atom is -0.335 e. The van der Waals surface area contributed by atoms with Gasteiger partial charge in [-0.1, -0.05) is 6.07 Å². The number of nitrogens with zero attached hydrogens (tertiary/aromatic N) is 7. The lowest BCUT2D eigenvalue weighted by atomic mass is 10.2. The second kappa shape index (κ2) is 7.68. The average Bonchev–Trinajstić information content (AvgIpc) is 3.33. The van der Waals surface area contributed by atoms with Gasteiger partial charge in [0.2, 0.25) is 5.95 Å². The van der Waals surface area contributed by atoms with Crippen LogP contribution in [0.25, 0.3) is 20.9 Å². The van der Waals surface area contributed by atoms with Crippen molar-refractivity contribution in [1.82, 2.24) is 29.8 Å². The van der Waals surface area contributed by atoms with Crippen LogP contribution >= 0.6 is 11.3 Å². The maximum Gasteiger partial charge on any atom is 0.227 e. The van der Waals surface area contributed by atoms with Crippen LogP contribution in [0.15, 0.2) is 36.7 Å². The Morgan fingerprint density at radius 1 is 1.03 bits per heavy atom. The standard InChI is InChI=1S/C25H26N8S/c1-14-4-3-7-26-23(14)24-28-19-10-21(27-11-20(19)34-24)30-22-9-18(15-5-6-15)29-25(31-22)33-13-16-8-17(33)12-32(16)2/h3-4,7,9-11,15-17H,5-6,8,12-13H2,1-2H3,(H,27,29,30,31)/t16-,17-/m0/s1. The van der Waals surface area contributed by atoms with Crippen molar-refractivity contribution in [2.24, 2.45) is 0 Å². The van der Waals surface area contributed by atoms with Crippen LogP contribution in [0, 0.1) is 6.92 Å². The normalized spacial score (nSPS) is 22.1. The Bertz CT molecular complexity index is 1390. The molecule has 9 heteroatoms. The van der Waals surface area contributed by atoms with Crippen molar-refractivity contribution in [3.8, 4) is 10.7 Å². The molecule has 3 aliphatic rings. The summed E-state index contributed by atoms with van der Waals surface area (Å²) in [5.41, 5.74) is 4.11. The molecule has 3 fully saturated rings. The average molecular weight is 471 g/mol. The van der Waals surface area contributed by atoms with Crippen LogP contribution in [-0.2, 0) is 0 Å². The summed E-state index contributed by atoms with van der Waals surface area (Å²) in [4.78, 5) is 28.8. The van der Waals surface area contributed by atoms with E-state index in [4.69, 9.17) is 15.0 Å². The highest BCUT2D eigenvalue weighted by Crippen LogP contribution is 2.41. The number of aryl methyl sites for hydroxylation is 1. The molecular weight excluding hydrogens is 444 g/mol. The number of likely N-dealkylation sites (tertiary alicyclic amines) is 1. The van der Waals surface area contributed by atoms with Gasteiger partial charge in [-0.3, -0.25) is 9.88 Å². The predicted molar refractivity (Wildman–Crippen MR) is 135 cm³/mol. The zero-order chi connectivity index (χ0) is 22.8. The second-order valence-electron chi connectivity index (χ2n) is 9.74. The number of hydrogen-bond donors (Lipinski definition) is 1. The van der Waals surface area contributed by atoms with Crippen molar-refractivity contribution in [2.45, 2.75) is 44.2 Å². The maximum atomic E-state index is 4.98. The molecule has 172 valence electrons. The molecule has 0 unspecified atom stereocenters. The summed E-state index contributed by atoms with van der Waals surface area (Å²) in [5, 5.41) is 4.36. The Hall–Kier alpha value is -3.17. The van der Waals surface area contributed by atoms with Gasteiger partial charge in [0.1, 0.15) is 22.3 Å². The van der Waals surface area contributed by atoms with E-state index in [0.717, 1.165) is 62.8 Å². The number of piperazine rings is 1. The first kappa shape index (κ1) is 20.2. The molecule has 7 rings (SSSR count). The summed E-state index contributed by atoms with van der Waals surface area (Å²) in [6.45, 7) is 4.16. The number of thiazole rings is 1. The number of rotatable bonds is 5. The summed E-state index contributed by atoms with van der Waals surface area (Å²) < 4.78 is 1.05. The van der Waals surface area contributed by atoms with E-state index in [1.54, 1.807) is 11.3 Å². The third kappa shape index (κ3) is 3.50. The molecule has 0 radical (unpaired) electrons. The van der Waals surface area contributed by atoms with Crippen LogP contribution in [0.2, 0.25) is 0 Å². The summed E-state index contributed by atoms with van der Waals surface area (Å²) >= 11 is 1.62. The van der Waals surface area contributed by atoms with Crippen LogP contribution in [0.5, 0.6) is 0 Å². The number of anilines is 3. The molecule has 1 saturated carbocycles. The summed E-state index contributed by atoms with van der Waals surface area (Å²) in [6, 6.07) is 9.23. The first-order valence-electron chi connectivity index (χ1n) is 11.9.